The Morgan fingerprint density at radius 1 is 1.53 bits per heavy atom. The highest BCUT2D eigenvalue weighted by molar-refractivity contribution is 6.29. The van der Waals surface area contributed by atoms with E-state index in [1.54, 1.807) is 20.8 Å². The van der Waals surface area contributed by atoms with Crippen LogP contribution in [0.25, 0.3) is 0 Å². The second-order valence-corrected chi connectivity index (χ2v) is 4.68. The van der Waals surface area contributed by atoms with Crippen LogP contribution in [0.3, 0.4) is 0 Å². The van der Waals surface area contributed by atoms with Crippen LogP contribution in [0.5, 0.6) is 0 Å². The highest BCUT2D eigenvalue weighted by atomic mass is 35.5. The minimum Gasteiger partial charge on any atom is -0.444 e. The van der Waals surface area contributed by atoms with Crippen molar-refractivity contribution in [2.24, 2.45) is 0 Å². The first kappa shape index (κ1) is 13.7. The number of nitrogens with one attached hydrogen (secondary N) is 1. The summed E-state index contributed by atoms with van der Waals surface area (Å²) in [4.78, 5) is 19.1. The summed E-state index contributed by atoms with van der Waals surface area (Å²) in [5, 5.41) is 11.4. The number of halogens is 1. The van der Waals surface area contributed by atoms with Gasteiger partial charge in [0.05, 0.1) is 12.3 Å². The van der Waals surface area contributed by atoms with Gasteiger partial charge < -0.3 is 9.84 Å². The molecular weight excluding hydrogens is 246 g/mol. The van der Waals surface area contributed by atoms with Crippen LogP contribution < -0.4 is 5.32 Å². The van der Waals surface area contributed by atoms with E-state index in [0.717, 1.165) is 0 Å². The molecule has 0 aliphatic heterocycles. The molecule has 17 heavy (non-hydrogen) atoms. The van der Waals surface area contributed by atoms with Gasteiger partial charge >= 0.3 is 6.09 Å². The van der Waals surface area contributed by atoms with E-state index < -0.39 is 11.7 Å². The molecule has 0 aromatic carbocycles. The first-order valence-corrected chi connectivity index (χ1v) is 5.32. The molecule has 0 aliphatic carbocycles. The molecule has 6 nitrogen and oxygen atoms in total. The van der Waals surface area contributed by atoms with Gasteiger partial charge in [0.15, 0.2) is 0 Å². The van der Waals surface area contributed by atoms with Gasteiger partial charge in [-0.05, 0) is 26.8 Å². The lowest BCUT2D eigenvalue weighted by Crippen LogP contribution is -2.27. The summed E-state index contributed by atoms with van der Waals surface area (Å²) in [7, 11) is 0. The van der Waals surface area contributed by atoms with E-state index >= 15 is 0 Å². The molecule has 1 amide bonds. The fourth-order valence-corrected chi connectivity index (χ4v) is 1.20. The Morgan fingerprint density at radius 3 is 2.71 bits per heavy atom. The van der Waals surface area contributed by atoms with Gasteiger partial charge in [0, 0.05) is 0 Å². The van der Waals surface area contributed by atoms with Crippen LogP contribution in [0.1, 0.15) is 26.5 Å². The zero-order chi connectivity index (χ0) is 13.1. The first-order valence-electron chi connectivity index (χ1n) is 4.94. The molecule has 94 valence electrons. The standard InChI is InChI=1S/C10H14ClN3O3/c1-10(2,3)17-9(16)14-8-12-6(5-15)4-7(11)13-8/h4,15H,5H2,1-3H3,(H,12,13,14,16). The maximum atomic E-state index is 11.4. The van der Waals surface area contributed by atoms with Gasteiger partial charge in [-0.15, -0.1) is 0 Å². The molecule has 0 spiro atoms. The van der Waals surface area contributed by atoms with Gasteiger partial charge in [-0.2, -0.15) is 0 Å². The van der Waals surface area contributed by atoms with E-state index in [9.17, 15) is 4.79 Å². The molecule has 2 N–H and O–H groups in total. The van der Waals surface area contributed by atoms with Crippen LogP contribution in [-0.4, -0.2) is 26.8 Å². The van der Waals surface area contributed by atoms with Crippen LogP contribution in [-0.2, 0) is 11.3 Å². The molecule has 1 rings (SSSR count). The maximum absolute atomic E-state index is 11.4. The summed E-state index contributed by atoms with van der Waals surface area (Å²) < 4.78 is 5.02. The SMILES string of the molecule is CC(C)(C)OC(=O)Nc1nc(Cl)cc(CO)n1. The molecule has 0 radical (unpaired) electrons. The minimum absolute atomic E-state index is 0.00389. The number of hydrogen-bond acceptors (Lipinski definition) is 5. The summed E-state index contributed by atoms with van der Waals surface area (Å²) in [6, 6.07) is 1.40. The fraction of sp³-hybridized carbons (Fsp3) is 0.500. The van der Waals surface area contributed by atoms with E-state index in [2.05, 4.69) is 15.3 Å². The number of amides is 1. The number of anilines is 1. The molecule has 0 aliphatic rings. The second-order valence-electron chi connectivity index (χ2n) is 4.29. The van der Waals surface area contributed by atoms with Gasteiger partial charge in [0.2, 0.25) is 5.95 Å². The Kier molecular flexibility index (Phi) is 4.25. The zero-order valence-corrected chi connectivity index (χ0v) is 10.6. The molecule has 0 unspecified atom stereocenters. The summed E-state index contributed by atoms with van der Waals surface area (Å²) in [6.07, 6.45) is -0.677. The van der Waals surface area contributed by atoms with Crippen molar-refractivity contribution in [2.45, 2.75) is 33.0 Å². The minimum atomic E-state index is -0.677. The van der Waals surface area contributed by atoms with Crippen LogP contribution in [0.2, 0.25) is 5.15 Å². The Labute approximate surface area is 104 Å². The number of nitrogens with zero attached hydrogens (tertiary/aromatic N) is 2. The molecule has 0 fully saturated rings. The van der Waals surface area contributed by atoms with E-state index in [1.165, 1.54) is 6.07 Å². The molecule has 0 saturated heterocycles. The number of aromatic nitrogens is 2. The van der Waals surface area contributed by atoms with E-state index in [-0.39, 0.29) is 17.7 Å². The van der Waals surface area contributed by atoms with Crippen LogP contribution >= 0.6 is 11.6 Å². The number of hydrogen-bond donors (Lipinski definition) is 2. The summed E-state index contributed by atoms with van der Waals surface area (Å²) in [5.74, 6) is -0.00389. The third kappa shape index (κ3) is 4.97. The van der Waals surface area contributed by atoms with Gasteiger partial charge in [-0.25, -0.2) is 14.8 Å². The normalized spacial score (nSPS) is 11.1. The molecular formula is C10H14ClN3O3. The molecule has 7 heteroatoms. The number of carbonyl (C=O) groups is 1. The van der Waals surface area contributed by atoms with Gasteiger partial charge in [0.25, 0.3) is 0 Å². The molecule has 1 aromatic rings. The van der Waals surface area contributed by atoms with Crippen molar-refractivity contribution in [3.05, 3.63) is 16.9 Å². The topological polar surface area (TPSA) is 84.3 Å². The Morgan fingerprint density at radius 2 is 2.18 bits per heavy atom. The quantitative estimate of drug-likeness (QED) is 0.793. The summed E-state index contributed by atoms with van der Waals surface area (Å²) in [6.45, 7) is 4.94. The second kappa shape index (κ2) is 5.29. The lowest BCUT2D eigenvalue weighted by molar-refractivity contribution is 0.0634. The number of aliphatic hydroxyl groups excluding tert-OH is 1. The third-order valence-electron chi connectivity index (χ3n) is 1.52. The average Bonchev–Trinajstić information content (AvgIpc) is 2.13. The van der Waals surface area contributed by atoms with Crippen molar-refractivity contribution in [2.75, 3.05) is 5.32 Å². The maximum Gasteiger partial charge on any atom is 0.414 e. The van der Waals surface area contributed by atoms with E-state index in [0.29, 0.717) is 5.69 Å². The Hall–Kier alpha value is -1.40. The molecule has 0 bridgehead atoms. The fourth-order valence-electron chi connectivity index (χ4n) is 0.996. The zero-order valence-electron chi connectivity index (χ0n) is 9.82. The van der Waals surface area contributed by atoms with Crippen molar-refractivity contribution in [3.63, 3.8) is 0 Å². The summed E-state index contributed by atoms with van der Waals surface area (Å²) >= 11 is 5.69. The number of ether oxygens (including phenoxy) is 1. The van der Waals surface area contributed by atoms with Crippen molar-refractivity contribution in [1.29, 1.82) is 0 Å². The van der Waals surface area contributed by atoms with E-state index in [4.69, 9.17) is 21.4 Å². The smallest absolute Gasteiger partial charge is 0.414 e. The third-order valence-corrected chi connectivity index (χ3v) is 1.72. The average molecular weight is 260 g/mol. The largest absolute Gasteiger partial charge is 0.444 e. The number of rotatable bonds is 2. The molecule has 0 saturated carbocycles. The van der Waals surface area contributed by atoms with Crippen molar-refractivity contribution in [1.82, 2.24) is 9.97 Å². The molecule has 0 atom stereocenters. The monoisotopic (exact) mass is 259 g/mol. The van der Waals surface area contributed by atoms with Crippen molar-refractivity contribution < 1.29 is 14.6 Å². The molecule has 1 heterocycles. The predicted octanol–water partition coefficient (Wildman–Crippen LogP) is 1.97. The van der Waals surface area contributed by atoms with Gasteiger partial charge in [0.1, 0.15) is 10.8 Å². The van der Waals surface area contributed by atoms with Crippen molar-refractivity contribution in [3.8, 4) is 0 Å². The first-order chi connectivity index (χ1) is 7.80. The Bertz CT molecular complexity index is 418. The number of carbonyl (C=O) groups excluding carboxylic acids is 1. The summed E-state index contributed by atoms with van der Waals surface area (Å²) in [5.41, 5.74) is -0.293. The van der Waals surface area contributed by atoms with Gasteiger partial charge in [-0.3, -0.25) is 5.32 Å². The molecule has 1 aromatic heterocycles. The van der Waals surface area contributed by atoms with Gasteiger partial charge in [-0.1, -0.05) is 11.6 Å². The number of aliphatic hydroxyl groups is 1. The van der Waals surface area contributed by atoms with Crippen LogP contribution in [0.4, 0.5) is 10.7 Å². The highest BCUT2D eigenvalue weighted by Crippen LogP contribution is 2.12. The Balaban J connectivity index is 2.74. The van der Waals surface area contributed by atoms with Crippen molar-refractivity contribution >= 4 is 23.6 Å². The lowest BCUT2D eigenvalue weighted by Gasteiger charge is -2.19. The van der Waals surface area contributed by atoms with Crippen LogP contribution in [0.15, 0.2) is 6.07 Å². The lowest BCUT2D eigenvalue weighted by atomic mass is 10.2. The predicted molar refractivity (Wildman–Crippen MR) is 62.8 cm³/mol. The van der Waals surface area contributed by atoms with Crippen LogP contribution in [0, 0.1) is 0 Å². The van der Waals surface area contributed by atoms with E-state index in [1.807, 2.05) is 0 Å². The highest BCUT2D eigenvalue weighted by Gasteiger charge is 2.17.